The molecular weight excluding hydrogens is 140 g/mol. The Balaban J connectivity index is 3.80. The molecule has 0 aromatic carbocycles. The van der Waals surface area contributed by atoms with Crippen LogP contribution in [0.15, 0.2) is 12.3 Å². The molecule has 0 radical (unpaired) electrons. The van der Waals surface area contributed by atoms with Gasteiger partial charge in [-0.3, -0.25) is 5.84 Å². The third kappa shape index (κ3) is 3.39. The minimum Gasteiger partial charge on any atom is -0.500 e. The second-order valence-electron chi connectivity index (χ2n) is 2.58. The minimum absolute atomic E-state index is 0.0972. The van der Waals surface area contributed by atoms with E-state index in [9.17, 15) is 0 Å². The average Bonchev–Trinajstić information content (AvgIpc) is 2.02. The standard InChI is InChI=1S/C8H18N2O/c1-5-6-10(9)7(2)8(3)11-4/h7H,3,5-6,9H2,1-2,4H3. The molecule has 1 unspecified atom stereocenters. The van der Waals surface area contributed by atoms with Crippen molar-refractivity contribution in [1.29, 1.82) is 0 Å². The van der Waals surface area contributed by atoms with Gasteiger partial charge in [0.05, 0.1) is 13.2 Å². The number of ether oxygens (including phenoxy) is 1. The Bertz CT molecular complexity index is 125. The summed E-state index contributed by atoms with van der Waals surface area (Å²) in [6.07, 6.45) is 1.04. The van der Waals surface area contributed by atoms with Gasteiger partial charge in [-0.2, -0.15) is 0 Å². The summed E-state index contributed by atoms with van der Waals surface area (Å²) in [5.41, 5.74) is 0. The maximum Gasteiger partial charge on any atom is 0.107 e. The van der Waals surface area contributed by atoms with Crippen LogP contribution in [0.1, 0.15) is 20.3 Å². The molecule has 2 N–H and O–H groups in total. The molecule has 0 fully saturated rings. The molecule has 0 spiro atoms. The Morgan fingerprint density at radius 3 is 2.64 bits per heavy atom. The Labute approximate surface area is 68.8 Å². The average molecular weight is 158 g/mol. The molecule has 0 saturated heterocycles. The van der Waals surface area contributed by atoms with Crippen LogP contribution in [-0.2, 0) is 4.74 Å². The first kappa shape index (κ1) is 10.5. The molecule has 0 aliphatic rings. The molecule has 0 amide bonds. The first-order chi connectivity index (χ1) is 5.13. The zero-order valence-corrected chi connectivity index (χ0v) is 7.63. The fourth-order valence-corrected chi connectivity index (χ4v) is 0.807. The van der Waals surface area contributed by atoms with Gasteiger partial charge in [0, 0.05) is 6.54 Å². The molecule has 0 aromatic heterocycles. The summed E-state index contributed by atoms with van der Waals surface area (Å²) < 4.78 is 4.96. The Morgan fingerprint density at radius 2 is 2.27 bits per heavy atom. The molecule has 0 aliphatic heterocycles. The third-order valence-electron chi connectivity index (χ3n) is 1.71. The molecule has 0 rings (SSSR count). The van der Waals surface area contributed by atoms with Crippen LogP contribution in [0.5, 0.6) is 0 Å². The third-order valence-corrected chi connectivity index (χ3v) is 1.71. The molecular formula is C8H18N2O. The fourth-order valence-electron chi connectivity index (χ4n) is 0.807. The quantitative estimate of drug-likeness (QED) is 0.370. The van der Waals surface area contributed by atoms with Crippen LogP contribution in [0.25, 0.3) is 0 Å². The highest BCUT2D eigenvalue weighted by Crippen LogP contribution is 2.04. The Morgan fingerprint density at radius 1 is 1.73 bits per heavy atom. The summed E-state index contributed by atoms with van der Waals surface area (Å²) >= 11 is 0. The van der Waals surface area contributed by atoms with E-state index in [1.54, 1.807) is 12.1 Å². The molecule has 0 bridgehead atoms. The summed E-state index contributed by atoms with van der Waals surface area (Å²) in [4.78, 5) is 0. The van der Waals surface area contributed by atoms with Gasteiger partial charge in [-0.1, -0.05) is 13.5 Å². The molecule has 0 aliphatic carbocycles. The van der Waals surface area contributed by atoms with Gasteiger partial charge < -0.3 is 4.74 Å². The molecule has 1 atom stereocenters. The number of methoxy groups -OCH3 is 1. The number of rotatable bonds is 5. The summed E-state index contributed by atoms with van der Waals surface area (Å²) in [5, 5.41) is 1.73. The van der Waals surface area contributed by atoms with E-state index in [1.165, 1.54) is 0 Å². The second kappa shape index (κ2) is 5.16. The highest BCUT2D eigenvalue weighted by molar-refractivity contribution is 4.93. The lowest BCUT2D eigenvalue weighted by molar-refractivity contribution is 0.163. The topological polar surface area (TPSA) is 38.5 Å². The van der Waals surface area contributed by atoms with Gasteiger partial charge in [-0.05, 0) is 13.3 Å². The van der Waals surface area contributed by atoms with Crippen LogP contribution in [0.4, 0.5) is 0 Å². The van der Waals surface area contributed by atoms with Crippen molar-refractivity contribution in [2.45, 2.75) is 26.3 Å². The normalized spacial score (nSPS) is 13.2. The largest absolute Gasteiger partial charge is 0.500 e. The molecule has 3 heteroatoms. The zero-order valence-electron chi connectivity index (χ0n) is 7.63. The van der Waals surface area contributed by atoms with Crippen LogP contribution in [0, 0.1) is 0 Å². The van der Waals surface area contributed by atoms with E-state index in [1.807, 2.05) is 6.92 Å². The van der Waals surface area contributed by atoms with Crippen molar-refractivity contribution in [2.75, 3.05) is 13.7 Å². The highest BCUT2D eigenvalue weighted by atomic mass is 16.5. The summed E-state index contributed by atoms with van der Waals surface area (Å²) in [7, 11) is 1.61. The van der Waals surface area contributed by atoms with Gasteiger partial charge in [0.1, 0.15) is 5.76 Å². The van der Waals surface area contributed by atoms with Crippen LogP contribution in [0.2, 0.25) is 0 Å². The minimum atomic E-state index is 0.0972. The molecule has 11 heavy (non-hydrogen) atoms. The molecule has 0 heterocycles. The van der Waals surface area contributed by atoms with Crippen molar-refractivity contribution in [1.82, 2.24) is 5.01 Å². The van der Waals surface area contributed by atoms with Crippen molar-refractivity contribution in [2.24, 2.45) is 5.84 Å². The van der Waals surface area contributed by atoms with Gasteiger partial charge in [0.2, 0.25) is 0 Å². The van der Waals surface area contributed by atoms with Crippen LogP contribution in [-0.4, -0.2) is 24.7 Å². The Kier molecular flexibility index (Phi) is 4.90. The molecule has 3 nitrogen and oxygen atoms in total. The van der Waals surface area contributed by atoms with Gasteiger partial charge in [0.15, 0.2) is 0 Å². The smallest absolute Gasteiger partial charge is 0.107 e. The number of hydrazine groups is 1. The van der Waals surface area contributed by atoms with E-state index in [0.29, 0.717) is 5.76 Å². The monoisotopic (exact) mass is 158 g/mol. The lowest BCUT2D eigenvalue weighted by Gasteiger charge is -2.24. The predicted octanol–water partition coefficient (Wildman–Crippen LogP) is 1.12. The molecule has 0 aromatic rings. The second-order valence-corrected chi connectivity index (χ2v) is 2.58. The highest BCUT2D eigenvalue weighted by Gasteiger charge is 2.11. The van der Waals surface area contributed by atoms with E-state index >= 15 is 0 Å². The predicted molar refractivity (Wildman–Crippen MR) is 46.8 cm³/mol. The van der Waals surface area contributed by atoms with Crippen LogP contribution >= 0.6 is 0 Å². The lowest BCUT2D eigenvalue weighted by Crippen LogP contribution is -2.40. The van der Waals surface area contributed by atoms with Gasteiger partial charge in [-0.25, -0.2) is 5.01 Å². The van der Waals surface area contributed by atoms with E-state index < -0.39 is 0 Å². The first-order valence-electron chi connectivity index (χ1n) is 3.87. The van der Waals surface area contributed by atoms with Crippen molar-refractivity contribution < 1.29 is 4.74 Å². The van der Waals surface area contributed by atoms with Crippen LogP contribution in [0.3, 0.4) is 0 Å². The van der Waals surface area contributed by atoms with E-state index in [-0.39, 0.29) is 6.04 Å². The first-order valence-corrected chi connectivity index (χ1v) is 3.87. The van der Waals surface area contributed by atoms with Crippen molar-refractivity contribution in [3.8, 4) is 0 Å². The summed E-state index contributed by atoms with van der Waals surface area (Å²) in [6.45, 7) is 8.66. The lowest BCUT2D eigenvalue weighted by atomic mass is 10.3. The maximum atomic E-state index is 5.70. The van der Waals surface area contributed by atoms with Gasteiger partial charge in [0.25, 0.3) is 0 Å². The van der Waals surface area contributed by atoms with Crippen LogP contribution < -0.4 is 5.84 Å². The van der Waals surface area contributed by atoms with E-state index in [4.69, 9.17) is 10.6 Å². The van der Waals surface area contributed by atoms with Gasteiger partial charge >= 0.3 is 0 Å². The summed E-state index contributed by atoms with van der Waals surface area (Å²) in [5.74, 6) is 6.41. The van der Waals surface area contributed by atoms with Crippen molar-refractivity contribution in [3.05, 3.63) is 12.3 Å². The fraction of sp³-hybridized carbons (Fsp3) is 0.750. The van der Waals surface area contributed by atoms with Gasteiger partial charge in [-0.15, -0.1) is 0 Å². The van der Waals surface area contributed by atoms with Crippen molar-refractivity contribution >= 4 is 0 Å². The van der Waals surface area contributed by atoms with E-state index in [2.05, 4.69) is 13.5 Å². The summed E-state index contributed by atoms with van der Waals surface area (Å²) in [6, 6.07) is 0.0972. The number of nitrogens with zero attached hydrogens (tertiary/aromatic N) is 1. The number of hydrogen-bond acceptors (Lipinski definition) is 3. The molecule has 66 valence electrons. The zero-order chi connectivity index (χ0) is 8.85. The number of nitrogens with two attached hydrogens (primary N) is 1. The van der Waals surface area contributed by atoms with Crippen molar-refractivity contribution in [3.63, 3.8) is 0 Å². The number of hydrogen-bond donors (Lipinski definition) is 1. The Hall–Kier alpha value is -0.540. The maximum absolute atomic E-state index is 5.70. The SMILES string of the molecule is C=C(OC)C(C)N(N)CCC. The molecule has 0 saturated carbocycles. The van der Waals surface area contributed by atoms with E-state index in [0.717, 1.165) is 13.0 Å².